The molecule has 0 aliphatic carbocycles. The standard InChI is InChI=1S/C29H40O6/c1-28(2,16-15-26(30)34-24-11-7-5-8-12-24)17-19-32-21-22-33-20-18-29(3,4)23-27(31)35-25-13-9-6-10-14-25/h5-14H,15-23H2,1-4H3. The Morgan fingerprint density at radius 3 is 1.57 bits per heavy atom. The maximum atomic E-state index is 12.2. The molecule has 0 saturated carbocycles. The zero-order valence-corrected chi connectivity index (χ0v) is 21.6. The van der Waals surface area contributed by atoms with Crippen LogP contribution in [0.4, 0.5) is 0 Å². The van der Waals surface area contributed by atoms with Gasteiger partial charge in [0.1, 0.15) is 11.5 Å². The van der Waals surface area contributed by atoms with Crippen LogP contribution >= 0.6 is 0 Å². The van der Waals surface area contributed by atoms with Crippen LogP contribution in [0.25, 0.3) is 0 Å². The molecular weight excluding hydrogens is 444 g/mol. The summed E-state index contributed by atoms with van der Waals surface area (Å²) in [5, 5.41) is 0. The van der Waals surface area contributed by atoms with Crippen molar-refractivity contribution in [2.24, 2.45) is 10.8 Å². The lowest BCUT2D eigenvalue weighted by Crippen LogP contribution is -2.23. The predicted molar refractivity (Wildman–Crippen MR) is 136 cm³/mol. The van der Waals surface area contributed by atoms with E-state index in [-0.39, 0.29) is 22.8 Å². The number of hydrogen-bond donors (Lipinski definition) is 0. The van der Waals surface area contributed by atoms with Gasteiger partial charge in [0.25, 0.3) is 0 Å². The van der Waals surface area contributed by atoms with Crippen molar-refractivity contribution in [3.05, 3.63) is 60.7 Å². The van der Waals surface area contributed by atoms with Crippen LogP contribution in [0.5, 0.6) is 11.5 Å². The summed E-state index contributed by atoms with van der Waals surface area (Å²) in [6.07, 6.45) is 3.04. The van der Waals surface area contributed by atoms with Gasteiger partial charge in [0.05, 0.1) is 19.6 Å². The molecule has 0 radical (unpaired) electrons. The molecule has 2 aromatic carbocycles. The lowest BCUT2D eigenvalue weighted by atomic mass is 9.85. The van der Waals surface area contributed by atoms with Gasteiger partial charge in [-0.1, -0.05) is 64.1 Å². The summed E-state index contributed by atoms with van der Waals surface area (Å²) in [6, 6.07) is 18.2. The van der Waals surface area contributed by atoms with Crippen molar-refractivity contribution in [1.29, 1.82) is 0 Å². The van der Waals surface area contributed by atoms with Gasteiger partial charge < -0.3 is 18.9 Å². The Balaban J connectivity index is 1.50. The van der Waals surface area contributed by atoms with Crippen molar-refractivity contribution in [2.45, 2.75) is 59.8 Å². The Hall–Kier alpha value is -2.70. The highest BCUT2D eigenvalue weighted by molar-refractivity contribution is 5.73. The SMILES string of the molecule is CC(C)(CCOCCOCCC(C)(C)CC(=O)Oc1ccccc1)CCC(=O)Oc1ccccc1. The van der Waals surface area contributed by atoms with Crippen molar-refractivity contribution in [2.75, 3.05) is 26.4 Å². The molecule has 0 aliphatic rings. The van der Waals surface area contributed by atoms with Crippen LogP contribution in [0.2, 0.25) is 0 Å². The maximum Gasteiger partial charge on any atom is 0.311 e. The second kappa shape index (κ2) is 14.6. The van der Waals surface area contributed by atoms with Crippen LogP contribution in [0.1, 0.15) is 59.8 Å². The molecule has 35 heavy (non-hydrogen) atoms. The topological polar surface area (TPSA) is 71.1 Å². The second-order valence-electron chi connectivity index (χ2n) is 10.3. The Bertz CT molecular complexity index is 877. The fraction of sp³-hybridized carbons (Fsp3) is 0.517. The molecule has 6 nitrogen and oxygen atoms in total. The number of para-hydroxylation sites is 2. The van der Waals surface area contributed by atoms with Gasteiger partial charge in [-0.15, -0.1) is 0 Å². The van der Waals surface area contributed by atoms with Crippen LogP contribution in [0.15, 0.2) is 60.7 Å². The van der Waals surface area contributed by atoms with E-state index in [0.29, 0.717) is 50.8 Å². The minimum Gasteiger partial charge on any atom is -0.427 e. The molecule has 0 aromatic heterocycles. The minimum absolute atomic E-state index is 0.0189. The van der Waals surface area contributed by atoms with Crippen molar-refractivity contribution in [3.63, 3.8) is 0 Å². The van der Waals surface area contributed by atoms with Gasteiger partial charge in [-0.3, -0.25) is 9.59 Å². The van der Waals surface area contributed by atoms with Crippen molar-refractivity contribution < 1.29 is 28.5 Å². The summed E-state index contributed by atoms with van der Waals surface area (Å²) in [6.45, 7) is 10.5. The molecule has 0 amide bonds. The molecule has 2 aromatic rings. The third-order valence-electron chi connectivity index (χ3n) is 5.80. The van der Waals surface area contributed by atoms with Gasteiger partial charge in [-0.05, 0) is 54.4 Å². The van der Waals surface area contributed by atoms with Gasteiger partial charge in [-0.25, -0.2) is 0 Å². The van der Waals surface area contributed by atoms with E-state index in [1.54, 1.807) is 24.3 Å². The summed E-state index contributed by atoms with van der Waals surface area (Å²) < 4.78 is 22.1. The molecule has 0 unspecified atom stereocenters. The number of ether oxygens (including phenoxy) is 4. The summed E-state index contributed by atoms with van der Waals surface area (Å²) in [4.78, 5) is 24.2. The Morgan fingerprint density at radius 1 is 0.600 bits per heavy atom. The molecular formula is C29H40O6. The van der Waals surface area contributed by atoms with E-state index < -0.39 is 0 Å². The Morgan fingerprint density at radius 2 is 1.06 bits per heavy atom. The lowest BCUT2D eigenvalue weighted by molar-refractivity contribution is -0.137. The Labute approximate surface area is 209 Å². The highest BCUT2D eigenvalue weighted by Gasteiger charge is 2.23. The molecule has 2 rings (SSSR count). The number of carbonyl (C=O) groups is 2. The van der Waals surface area contributed by atoms with Gasteiger partial charge in [0.2, 0.25) is 0 Å². The molecule has 192 valence electrons. The predicted octanol–water partition coefficient (Wildman–Crippen LogP) is 6.23. The maximum absolute atomic E-state index is 12.2. The minimum atomic E-state index is -0.236. The van der Waals surface area contributed by atoms with Gasteiger partial charge in [-0.2, -0.15) is 0 Å². The van der Waals surface area contributed by atoms with Crippen LogP contribution in [0.3, 0.4) is 0 Å². The number of esters is 2. The third-order valence-corrected chi connectivity index (χ3v) is 5.80. The van der Waals surface area contributed by atoms with E-state index in [4.69, 9.17) is 18.9 Å². The molecule has 0 atom stereocenters. The Kier molecular flexibility index (Phi) is 11.9. The van der Waals surface area contributed by atoms with Crippen LogP contribution in [-0.4, -0.2) is 38.4 Å². The first kappa shape index (κ1) is 28.5. The molecule has 0 heterocycles. The third kappa shape index (κ3) is 13.1. The highest BCUT2D eigenvalue weighted by Crippen LogP contribution is 2.28. The summed E-state index contributed by atoms with van der Waals surface area (Å²) in [7, 11) is 0. The molecule has 0 bridgehead atoms. The largest absolute Gasteiger partial charge is 0.427 e. The quantitative estimate of drug-likeness (QED) is 0.160. The molecule has 0 saturated heterocycles. The van der Waals surface area contributed by atoms with E-state index in [1.165, 1.54) is 0 Å². The summed E-state index contributed by atoms with van der Waals surface area (Å²) in [5.41, 5.74) is -0.229. The second-order valence-corrected chi connectivity index (χ2v) is 10.3. The normalized spacial score (nSPS) is 11.8. The zero-order valence-electron chi connectivity index (χ0n) is 21.6. The number of rotatable bonds is 16. The lowest BCUT2D eigenvalue weighted by Gasteiger charge is -2.24. The molecule has 0 N–H and O–H groups in total. The number of carbonyl (C=O) groups excluding carboxylic acids is 2. The number of benzene rings is 2. The van der Waals surface area contributed by atoms with Crippen LogP contribution in [-0.2, 0) is 19.1 Å². The number of hydrogen-bond acceptors (Lipinski definition) is 6. The van der Waals surface area contributed by atoms with Crippen molar-refractivity contribution >= 4 is 11.9 Å². The summed E-state index contributed by atoms with van der Waals surface area (Å²) in [5.74, 6) is 0.696. The zero-order chi connectivity index (χ0) is 25.6. The first-order valence-electron chi connectivity index (χ1n) is 12.3. The van der Waals surface area contributed by atoms with Gasteiger partial charge in [0.15, 0.2) is 0 Å². The first-order chi connectivity index (χ1) is 16.7. The van der Waals surface area contributed by atoms with E-state index >= 15 is 0 Å². The first-order valence-corrected chi connectivity index (χ1v) is 12.3. The van der Waals surface area contributed by atoms with Gasteiger partial charge in [0, 0.05) is 19.6 Å². The summed E-state index contributed by atoms with van der Waals surface area (Å²) >= 11 is 0. The molecule has 0 spiro atoms. The smallest absolute Gasteiger partial charge is 0.311 e. The monoisotopic (exact) mass is 484 g/mol. The molecule has 0 fully saturated rings. The van der Waals surface area contributed by atoms with E-state index in [0.717, 1.165) is 19.3 Å². The van der Waals surface area contributed by atoms with E-state index in [2.05, 4.69) is 13.8 Å². The van der Waals surface area contributed by atoms with Crippen LogP contribution in [0, 0.1) is 10.8 Å². The molecule has 6 heteroatoms. The van der Waals surface area contributed by atoms with Crippen molar-refractivity contribution in [3.8, 4) is 11.5 Å². The average molecular weight is 485 g/mol. The van der Waals surface area contributed by atoms with E-state index in [1.807, 2.05) is 50.2 Å². The fourth-order valence-electron chi connectivity index (χ4n) is 3.39. The van der Waals surface area contributed by atoms with E-state index in [9.17, 15) is 9.59 Å². The van der Waals surface area contributed by atoms with Crippen molar-refractivity contribution in [1.82, 2.24) is 0 Å². The highest BCUT2D eigenvalue weighted by atomic mass is 16.5. The molecule has 0 aliphatic heterocycles. The van der Waals surface area contributed by atoms with Gasteiger partial charge >= 0.3 is 11.9 Å². The average Bonchev–Trinajstić information content (AvgIpc) is 2.80. The fourth-order valence-corrected chi connectivity index (χ4v) is 3.39. The van der Waals surface area contributed by atoms with Crippen LogP contribution < -0.4 is 9.47 Å².